The first-order chi connectivity index (χ1) is 8.63. The maximum atomic E-state index is 12.3. The third-order valence-corrected chi connectivity index (χ3v) is 2.78. The molecule has 0 saturated heterocycles. The molecule has 0 bridgehead atoms. The number of carbonyl (C=O) groups is 1. The maximum absolute atomic E-state index is 12.3. The summed E-state index contributed by atoms with van der Waals surface area (Å²) in [6.45, 7) is 2.82. The van der Waals surface area contributed by atoms with E-state index >= 15 is 0 Å². The second-order valence-corrected chi connectivity index (χ2v) is 4.30. The summed E-state index contributed by atoms with van der Waals surface area (Å²) >= 11 is 5.90. The van der Waals surface area contributed by atoms with Gasteiger partial charge in [0.1, 0.15) is 5.75 Å². The van der Waals surface area contributed by atoms with Crippen molar-refractivity contribution in [2.45, 2.75) is 13.3 Å². The van der Waals surface area contributed by atoms with Crippen LogP contribution in [0.25, 0.3) is 0 Å². The van der Waals surface area contributed by atoms with Crippen LogP contribution in [-0.2, 0) is 0 Å². The lowest BCUT2D eigenvalue weighted by atomic mass is 10.1. The molecule has 0 fully saturated rings. The number of hydrogen-bond donors (Lipinski definition) is 1. The van der Waals surface area contributed by atoms with Gasteiger partial charge in [-0.25, -0.2) is 0 Å². The largest absolute Gasteiger partial charge is 0.496 e. The second kappa shape index (κ2) is 7.24. The third-order valence-electron chi connectivity index (χ3n) is 2.54. The molecule has 0 spiro atoms. The van der Waals surface area contributed by atoms with E-state index in [-0.39, 0.29) is 12.5 Å². The van der Waals surface area contributed by atoms with Gasteiger partial charge in [-0.1, -0.05) is 18.5 Å². The Bertz CT molecular complexity index is 403. The summed E-state index contributed by atoms with van der Waals surface area (Å²) in [5.41, 5.74) is 0.423. The summed E-state index contributed by atoms with van der Waals surface area (Å²) < 4.78 is 5.16. The van der Waals surface area contributed by atoms with Gasteiger partial charge in [0.15, 0.2) is 0 Å². The Balaban J connectivity index is 3.02. The molecule has 0 aromatic heterocycles. The van der Waals surface area contributed by atoms with E-state index in [0.717, 1.165) is 6.42 Å². The van der Waals surface area contributed by atoms with Gasteiger partial charge in [-0.3, -0.25) is 4.79 Å². The summed E-state index contributed by atoms with van der Waals surface area (Å²) in [7, 11) is 1.51. The number of nitrogens with zero attached hydrogens (tertiary/aromatic N) is 1. The van der Waals surface area contributed by atoms with Gasteiger partial charge in [0.2, 0.25) is 0 Å². The number of carbonyl (C=O) groups excluding carboxylic acids is 1. The van der Waals surface area contributed by atoms with Gasteiger partial charge in [0.05, 0.1) is 19.3 Å². The van der Waals surface area contributed by atoms with Crippen LogP contribution in [0.3, 0.4) is 0 Å². The molecule has 0 aliphatic carbocycles. The smallest absolute Gasteiger partial charge is 0.257 e. The van der Waals surface area contributed by atoms with Gasteiger partial charge in [-0.15, -0.1) is 0 Å². The fourth-order valence-electron chi connectivity index (χ4n) is 1.72. The molecule has 1 amide bonds. The zero-order chi connectivity index (χ0) is 13.5. The van der Waals surface area contributed by atoms with Crippen LogP contribution in [0.15, 0.2) is 18.2 Å². The summed E-state index contributed by atoms with van der Waals surface area (Å²) in [5.74, 6) is 0.314. The maximum Gasteiger partial charge on any atom is 0.257 e. The van der Waals surface area contributed by atoms with E-state index in [1.54, 1.807) is 23.1 Å². The Morgan fingerprint density at radius 2 is 2.17 bits per heavy atom. The topological polar surface area (TPSA) is 49.8 Å². The van der Waals surface area contributed by atoms with Crippen molar-refractivity contribution in [3.63, 3.8) is 0 Å². The number of aliphatic hydroxyl groups excluding tert-OH is 1. The lowest BCUT2D eigenvalue weighted by Crippen LogP contribution is -2.34. The molecule has 0 radical (unpaired) electrons. The van der Waals surface area contributed by atoms with E-state index in [4.69, 9.17) is 21.4 Å². The van der Waals surface area contributed by atoms with Crippen LogP contribution in [-0.4, -0.2) is 42.7 Å². The van der Waals surface area contributed by atoms with Crippen molar-refractivity contribution in [3.05, 3.63) is 28.8 Å². The molecule has 1 aromatic carbocycles. The van der Waals surface area contributed by atoms with Crippen molar-refractivity contribution in [2.24, 2.45) is 0 Å². The number of ether oxygens (including phenoxy) is 1. The number of methoxy groups -OCH3 is 1. The Morgan fingerprint density at radius 1 is 1.44 bits per heavy atom. The number of amides is 1. The molecule has 1 N–H and O–H groups in total. The van der Waals surface area contributed by atoms with E-state index in [0.29, 0.717) is 29.4 Å². The molecular formula is C13H18ClNO3. The zero-order valence-electron chi connectivity index (χ0n) is 10.6. The van der Waals surface area contributed by atoms with Crippen molar-refractivity contribution >= 4 is 17.5 Å². The predicted molar refractivity (Wildman–Crippen MR) is 71.3 cm³/mol. The first-order valence-electron chi connectivity index (χ1n) is 5.87. The van der Waals surface area contributed by atoms with Crippen LogP contribution in [0.2, 0.25) is 5.02 Å². The molecule has 0 aliphatic rings. The van der Waals surface area contributed by atoms with Gasteiger partial charge in [0, 0.05) is 18.1 Å². The first-order valence-corrected chi connectivity index (χ1v) is 6.25. The van der Waals surface area contributed by atoms with Gasteiger partial charge in [-0.2, -0.15) is 0 Å². The highest BCUT2D eigenvalue weighted by molar-refractivity contribution is 6.31. The van der Waals surface area contributed by atoms with Crippen LogP contribution in [0, 0.1) is 0 Å². The van der Waals surface area contributed by atoms with E-state index in [1.165, 1.54) is 7.11 Å². The molecule has 1 rings (SSSR count). The van der Waals surface area contributed by atoms with Crippen LogP contribution in [0.5, 0.6) is 5.75 Å². The molecule has 18 heavy (non-hydrogen) atoms. The molecular weight excluding hydrogens is 254 g/mol. The number of aliphatic hydroxyl groups is 1. The molecule has 100 valence electrons. The fourth-order valence-corrected chi connectivity index (χ4v) is 1.90. The molecule has 1 aromatic rings. The fraction of sp³-hybridized carbons (Fsp3) is 0.462. The molecule has 0 heterocycles. The highest BCUT2D eigenvalue weighted by Gasteiger charge is 2.19. The molecule has 0 unspecified atom stereocenters. The van der Waals surface area contributed by atoms with E-state index in [2.05, 4.69) is 0 Å². The normalized spacial score (nSPS) is 10.2. The highest BCUT2D eigenvalue weighted by atomic mass is 35.5. The summed E-state index contributed by atoms with van der Waals surface area (Å²) in [6.07, 6.45) is 0.828. The number of hydrogen-bond acceptors (Lipinski definition) is 3. The van der Waals surface area contributed by atoms with Crippen molar-refractivity contribution in [2.75, 3.05) is 26.8 Å². The van der Waals surface area contributed by atoms with Crippen molar-refractivity contribution in [3.8, 4) is 5.75 Å². The van der Waals surface area contributed by atoms with Gasteiger partial charge >= 0.3 is 0 Å². The minimum absolute atomic E-state index is 0.0609. The first kappa shape index (κ1) is 14.8. The Hall–Kier alpha value is -1.26. The molecule has 5 heteroatoms. The predicted octanol–water partition coefficient (Wildman–Crippen LogP) is 2.19. The van der Waals surface area contributed by atoms with Gasteiger partial charge in [-0.05, 0) is 24.6 Å². The standard InChI is InChI=1S/C13H18ClNO3/c1-3-6-15(7-8-16)13(17)11-9-10(14)4-5-12(11)18-2/h4-5,9,16H,3,6-8H2,1-2H3. The lowest BCUT2D eigenvalue weighted by Gasteiger charge is -2.22. The summed E-state index contributed by atoms with van der Waals surface area (Å²) in [4.78, 5) is 13.9. The van der Waals surface area contributed by atoms with E-state index < -0.39 is 0 Å². The second-order valence-electron chi connectivity index (χ2n) is 3.86. The molecule has 0 saturated carbocycles. The Labute approximate surface area is 112 Å². The Morgan fingerprint density at radius 3 is 2.72 bits per heavy atom. The molecule has 0 aliphatic heterocycles. The quantitative estimate of drug-likeness (QED) is 0.863. The average molecular weight is 272 g/mol. The highest BCUT2D eigenvalue weighted by Crippen LogP contribution is 2.24. The average Bonchev–Trinajstić information content (AvgIpc) is 2.37. The van der Waals surface area contributed by atoms with Gasteiger partial charge < -0.3 is 14.7 Å². The number of rotatable bonds is 6. The monoisotopic (exact) mass is 271 g/mol. The van der Waals surface area contributed by atoms with Crippen LogP contribution in [0.1, 0.15) is 23.7 Å². The van der Waals surface area contributed by atoms with Crippen LogP contribution >= 0.6 is 11.6 Å². The minimum Gasteiger partial charge on any atom is -0.496 e. The van der Waals surface area contributed by atoms with Gasteiger partial charge in [0.25, 0.3) is 5.91 Å². The lowest BCUT2D eigenvalue weighted by molar-refractivity contribution is 0.0718. The number of halogens is 1. The van der Waals surface area contributed by atoms with Crippen LogP contribution < -0.4 is 4.74 Å². The minimum atomic E-state index is -0.176. The van der Waals surface area contributed by atoms with Crippen molar-refractivity contribution in [1.82, 2.24) is 4.90 Å². The molecule has 4 nitrogen and oxygen atoms in total. The van der Waals surface area contributed by atoms with Crippen molar-refractivity contribution in [1.29, 1.82) is 0 Å². The summed E-state index contributed by atoms with van der Waals surface area (Å²) in [6, 6.07) is 4.93. The van der Waals surface area contributed by atoms with E-state index in [9.17, 15) is 4.79 Å². The SMILES string of the molecule is CCCN(CCO)C(=O)c1cc(Cl)ccc1OC. The molecule has 0 atom stereocenters. The van der Waals surface area contributed by atoms with Crippen LogP contribution in [0.4, 0.5) is 0 Å². The zero-order valence-corrected chi connectivity index (χ0v) is 11.4. The Kier molecular flexibility index (Phi) is 5.95. The third kappa shape index (κ3) is 3.62. The number of benzene rings is 1. The van der Waals surface area contributed by atoms with Crippen molar-refractivity contribution < 1.29 is 14.6 Å². The summed E-state index contributed by atoms with van der Waals surface area (Å²) in [5, 5.41) is 9.47. The van der Waals surface area contributed by atoms with E-state index in [1.807, 2.05) is 6.92 Å².